The molecule has 0 aromatic carbocycles. The Balaban J connectivity index is 1.98. The molecule has 0 bridgehead atoms. The van der Waals surface area contributed by atoms with Crippen molar-refractivity contribution in [2.45, 2.75) is 38.8 Å². The molecular weight excluding hydrogens is 254 g/mol. The molecule has 6 nitrogen and oxygen atoms in total. The molecule has 3 N–H and O–H groups in total. The van der Waals surface area contributed by atoms with E-state index in [0.29, 0.717) is 0 Å². The predicted octanol–water partition coefficient (Wildman–Crippen LogP) is 0.214. The third-order valence-electron chi connectivity index (χ3n) is 3.91. The van der Waals surface area contributed by atoms with E-state index < -0.39 is 0 Å². The summed E-state index contributed by atoms with van der Waals surface area (Å²) in [5, 5.41) is 4.38. The topological polar surface area (TPSA) is 68.3 Å². The van der Waals surface area contributed by atoms with Gasteiger partial charge in [-0.3, -0.25) is 20.9 Å². The Labute approximate surface area is 121 Å². The Hall–Kier alpha value is -0.950. The molecular formula is C14H27N5O. The summed E-state index contributed by atoms with van der Waals surface area (Å²) in [7, 11) is 1.97. The van der Waals surface area contributed by atoms with Crippen molar-refractivity contribution in [2.75, 3.05) is 26.2 Å². The largest absolute Gasteiger partial charge is 0.374 e. The van der Waals surface area contributed by atoms with Crippen molar-refractivity contribution in [2.24, 2.45) is 12.9 Å². The number of nitrogens with zero attached hydrogens (tertiary/aromatic N) is 3. The normalized spacial score (nSPS) is 22.1. The zero-order valence-corrected chi connectivity index (χ0v) is 12.8. The third kappa shape index (κ3) is 3.79. The number of morpholine rings is 1. The van der Waals surface area contributed by atoms with Gasteiger partial charge in [-0.25, -0.2) is 0 Å². The summed E-state index contributed by atoms with van der Waals surface area (Å²) in [6.45, 7) is 8.09. The molecule has 2 rings (SSSR count). The van der Waals surface area contributed by atoms with Crippen molar-refractivity contribution in [1.82, 2.24) is 20.1 Å². The summed E-state index contributed by atoms with van der Waals surface area (Å²) in [5.41, 5.74) is 5.15. The molecule has 2 atom stereocenters. The van der Waals surface area contributed by atoms with Gasteiger partial charge in [-0.05, 0) is 26.0 Å². The molecule has 0 aliphatic carbocycles. The quantitative estimate of drug-likeness (QED) is 0.576. The minimum Gasteiger partial charge on any atom is -0.374 e. The Morgan fingerprint density at radius 3 is 3.00 bits per heavy atom. The molecule has 2 unspecified atom stereocenters. The summed E-state index contributed by atoms with van der Waals surface area (Å²) in [4.78, 5) is 2.45. The first-order valence-corrected chi connectivity index (χ1v) is 7.43. The van der Waals surface area contributed by atoms with Crippen LogP contribution in [0.3, 0.4) is 0 Å². The molecule has 1 fully saturated rings. The molecule has 1 aliphatic heterocycles. The smallest absolute Gasteiger partial charge is 0.0872 e. The maximum Gasteiger partial charge on any atom is 0.0872 e. The lowest BCUT2D eigenvalue weighted by molar-refractivity contribution is -0.0464. The molecule has 0 radical (unpaired) electrons. The molecule has 2 heterocycles. The van der Waals surface area contributed by atoms with E-state index in [9.17, 15) is 0 Å². The van der Waals surface area contributed by atoms with E-state index in [-0.39, 0.29) is 12.1 Å². The summed E-state index contributed by atoms with van der Waals surface area (Å²) in [6, 6.07) is 2.22. The van der Waals surface area contributed by atoms with Crippen molar-refractivity contribution >= 4 is 0 Å². The second-order valence-electron chi connectivity index (χ2n) is 5.59. The van der Waals surface area contributed by atoms with Crippen LogP contribution in [0.15, 0.2) is 6.07 Å². The molecule has 0 spiro atoms. The zero-order chi connectivity index (χ0) is 14.5. The lowest BCUT2D eigenvalue weighted by atomic mass is 10.0. The lowest BCUT2D eigenvalue weighted by Crippen LogP contribution is -2.55. The number of aryl methyl sites for hydroxylation is 2. The van der Waals surface area contributed by atoms with Gasteiger partial charge < -0.3 is 4.74 Å². The monoisotopic (exact) mass is 281 g/mol. The maximum absolute atomic E-state index is 5.91. The van der Waals surface area contributed by atoms with Crippen LogP contribution in [0.5, 0.6) is 0 Å². The fourth-order valence-corrected chi connectivity index (χ4v) is 2.87. The SMILES string of the molecule is CCCN1CCOC(C(Cc2cc(C)nn2C)NN)C1. The van der Waals surface area contributed by atoms with Crippen LogP contribution in [-0.4, -0.2) is 53.1 Å². The van der Waals surface area contributed by atoms with Crippen LogP contribution < -0.4 is 11.3 Å². The highest BCUT2D eigenvalue weighted by Gasteiger charge is 2.28. The van der Waals surface area contributed by atoms with Crippen LogP contribution >= 0.6 is 0 Å². The van der Waals surface area contributed by atoms with Crippen molar-refractivity contribution in [3.8, 4) is 0 Å². The number of ether oxygens (including phenoxy) is 1. The van der Waals surface area contributed by atoms with Gasteiger partial charge in [-0.1, -0.05) is 6.92 Å². The van der Waals surface area contributed by atoms with Gasteiger partial charge in [0.2, 0.25) is 0 Å². The van der Waals surface area contributed by atoms with E-state index in [1.165, 1.54) is 12.1 Å². The van der Waals surface area contributed by atoms with Crippen LogP contribution in [0.2, 0.25) is 0 Å². The lowest BCUT2D eigenvalue weighted by Gasteiger charge is -2.36. The Morgan fingerprint density at radius 2 is 2.40 bits per heavy atom. The van der Waals surface area contributed by atoms with E-state index in [1.807, 2.05) is 18.7 Å². The summed E-state index contributed by atoms with van der Waals surface area (Å²) < 4.78 is 7.84. The van der Waals surface area contributed by atoms with Gasteiger partial charge in [0, 0.05) is 32.3 Å². The van der Waals surface area contributed by atoms with Crippen molar-refractivity contribution in [3.63, 3.8) is 0 Å². The van der Waals surface area contributed by atoms with Gasteiger partial charge in [0.25, 0.3) is 0 Å². The Bertz CT molecular complexity index is 418. The first-order valence-electron chi connectivity index (χ1n) is 7.43. The third-order valence-corrected chi connectivity index (χ3v) is 3.91. The molecule has 1 aromatic heterocycles. The van der Waals surface area contributed by atoms with Crippen LogP contribution in [0, 0.1) is 6.92 Å². The average molecular weight is 281 g/mol. The second kappa shape index (κ2) is 7.17. The molecule has 1 saturated heterocycles. The fourth-order valence-electron chi connectivity index (χ4n) is 2.87. The number of rotatable bonds is 6. The van der Waals surface area contributed by atoms with Gasteiger partial charge in [0.1, 0.15) is 0 Å². The van der Waals surface area contributed by atoms with E-state index in [1.54, 1.807) is 0 Å². The number of hydrogen-bond donors (Lipinski definition) is 2. The maximum atomic E-state index is 5.91. The van der Waals surface area contributed by atoms with Crippen LogP contribution in [0.25, 0.3) is 0 Å². The number of hydrogen-bond acceptors (Lipinski definition) is 5. The number of nitrogens with one attached hydrogen (secondary N) is 1. The highest BCUT2D eigenvalue weighted by atomic mass is 16.5. The molecule has 6 heteroatoms. The zero-order valence-electron chi connectivity index (χ0n) is 12.8. The summed E-state index contributed by atoms with van der Waals surface area (Å²) in [5.74, 6) is 5.75. The van der Waals surface area contributed by atoms with Gasteiger partial charge >= 0.3 is 0 Å². The van der Waals surface area contributed by atoms with Gasteiger partial charge in [0.05, 0.1) is 24.4 Å². The fraction of sp³-hybridized carbons (Fsp3) is 0.786. The van der Waals surface area contributed by atoms with Crippen molar-refractivity contribution < 1.29 is 4.74 Å². The van der Waals surface area contributed by atoms with Crippen LogP contribution in [-0.2, 0) is 18.2 Å². The molecule has 20 heavy (non-hydrogen) atoms. The van der Waals surface area contributed by atoms with Gasteiger partial charge in [-0.2, -0.15) is 5.10 Å². The molecule has 114 valence electrons. The van der Waals surface area contributed by atoms with Crippen LogP contribution in [0.1, 0.15) is 24.7 Å². The van der Waals surface area contributed by atoms with Crippen molar-refractivity contribution in [1.29, 1.82) is 0 Å². The Morgan fingerprint density at radius 1 is 1.60 bits per heavy atom. The first kappa shape index (κ1) is 15.4. The standard InChI is InChI=1S/C14H27N5O/c1-4-5-19-6-7-20-14(10-19)13(16-15)9-12-8-11(2)17-18(12)3/h8,13-14,16H,4-7,9-10,15H2,1-3H3. The predicted molar refractivity (Wildman–Crippen MR) is 79.2 cm³/mol. The first-order chi connectivity index (χ1) is 9.63. The van der Waals surface area contributed by atoms with E-state index in [4.69, 9.17) is 10.6 Å². The number of aromatic nitrogens is 2. The summed E-state index contributed by atoms with van der Waals surface area (Å²) >= 11 is 0. The van der Waals surface area contributed by atoms with E-state index >= 15 is 0 Å². The minimum atomic E-state index is 0.115. The highest BCUT2D eigenvalue weighted by molar-refractivity contribution is 5.10. The summed E-state index contributed by atoms with van der Waals surface area (Å²) in [6.07, 6.45) is 2.14. The molecule has 1 aliphatic rings. The number of hydrazine groups is 1. The van der Waals surface area contributed by atoms with E-state index in [0.717, 1.165) is 38.4 Å². The van der Waals surface area contributed by atoms with Gasteiger partial charge in [-0.15, -0.1) is 0 Å². The van der Waals surface area contributed by atoms with Crippen LogP contribution in [0.4, 0.5) is 0 Å². The van der Waals surface area contributed by atoms with Crippen molar-refractivity contribution in [3.05, 3.63) is 17.5 Å². The minimum absolute atomic E-state index is 0.115. The van der Waals surface area contributed by atoms with Gasteiger partial charge in [0.15, 0.2) is 0 Å². The number of nitrogens with two attached hydrogens (primary N) is 1. The van der Waals surface area contributed by atoms with E-state index in [2.05, 4.69) is 28.4 Å². The molecule has 0 amide bonds. The molecule has 1 aromatic rings. The average Bonchev–Trinajstić information content (AvgIpc) is 2.75. The Kier molecular flexibility index (Phi) is 5.54. The molecule has 0 saturated carbocycles. The highest BCUT2D eigenvalue weighted by Crippen LogP contribution is 2.14. The second-order valence-corrected chi connectivity index (χ2v) is 5.59.